The molecule has 0 aliphatic heterocycles. The largest absolute Gasteiger partial charge is 0.489 e. The number of aliphatic carboxylic acids is 1. The van der Waals surface area contributed by atoms with E-state index in [9.17, 15) is 9.90 Å². The van der Waals surface area contributed by atoms with Crippen molar-refractivity contribution >= 4 is 17.6 Å². The maximum Gasteiger partial charge on any atom is 0.306 e. The van der Waals surface area contributed by atoms with Gasteiger partial charge in [0.25, 0.3) is 0 Å². The average molecular weight is 467 g/mol. The van der Waals surface area contributed by atoms with Gasteiger partial charge >= 0.3 is 5.97 Å². The number of hydrogen-bond acceptors (Lipinski definition) is 8. The first-order valence-corrected chi connectivity index (χ1v) is 11.6. The second-order valence-electron chi connectivity index (χ2n) is 8.47. The van der Waals surface area contributed by atoms with Crippen molar-refractivity contribution < 1.29 is 19.4 Å². The van der Waals surface area contributed by atoms with Crippen molar-refractivity contribution in [2.75, 3.05) is 11.9 Å². The van der Waals surface area contributed by atoms with Gasteiger partial charge in [-0.05, 0) is 57.2 Å². The van der Waals surface area contributed by atoms with Crippen molar-refractivity contribution in [1.82, 2.24) is 25.0 Å². The molecule has 34 heavy (non-hydrogen) atoms. The van der Waals surface area contributed by atoms with E-state index in [1.807, 2.05) is 44.2 Å². The second-order valence-corrected chi connectivity index (χ2v) is 8.47. The Labute approximate surface area is 198 Å². The molecule has 2 atom stereocenters. The summed E-state index contributed by atoms with van der Waals surface area (Å²) in [5.74, 6) is 1.36. The van der Waals surface area contributed by atoms with Crippen molar-refractivity contribution in [1.29, 1.82) is 0 Å². The van der Waals surface area contributed by atoms with Crippen LogP contribution in [0.1, 0.15) is 44.7 Å². The third-order valence-electron chi connectivity index (χ3n) is 5.80. The molecule has 2 N–H and O–H groups in total. The lowest BCUT2D eigenvalue weighted by molar-refractivity contribution is -0.143. The van der Waals surface area contributed by atoms with Crippen LogP contribution < -0.4 is 14.8 Å². The van der Waals surface area contributed by atoms with Crippen molar-refractivity contribution in [2.45, 2.75) is 52.1 Å². The van der Waals surface area contributed by atoms with Gasteiger partial charge in [-0.1, -0.05) is 18.2 Å². The number of nitrogens with zero attached hydrogens (tertiary/aromatic N) is 5. The Hall–Kier alpha value is -3.69. The highest BCUT2D eigenvalue weighted by Crippen LogP contribution is 2.32. The molecule has 0 spiro atoms. The first kappa shape index (κ1) is 23.5. The van der Waals surface area contributed by atoms with Crippen LogP contribution >= 0.6 is 0 Å². The molecule has 3 aromatic heterocycles. The molecule has 0 aromatic carbocycles. The number of anilines is 2. The summed E-state index contributed by atoms with van der Waals surface area (Å²) in [6.45, 7) is 4.52. The molecular weight excluding hydrogens is 436 g/mol. The maximum atomic E-state index is 11.4. The van der Waals surface area contributed by atoms with Crippen molar-refractivity contribution in [3.8, 4) is 23.0 Å². The molecule has 1 aliphatic rings. The van der Waals surface area contributed by atoms with Crippen LogP contribution in [0.3, 0.4) is 0 Å². The number of aryl methyl sites for hydroxylation is 2. The Kier molecular flexibility index (Phi) is 7.24. The highest BCUT2D eigenvalue weighted by Gasteiger charge is 2.28. The predicted molar refractivity (Wildman–Crippen MR) is 126 cm³/mol. The molecule has 3 heterocycles. The summed E-state index contributed by atoms with van der Waals surface area (Å²) in [5.41, 5.74) is 1.94. The molecule has 3 aromatic rings. The fourth-order valence-corrected chi connectivity index (χ4v) is 4.02. The Morgan fingerprint density at radius 1 is 1.24 bits per heavy atom. The number of pyridine rings is 2. The SMILES string of the molecule is CCCOc1cccc(Nc2c(-c3ccc(O[C@H]4CCC[C@H](C(=O)O)C4)c(C)n3)nnn2C)n1. The molecular formula is C24H30N6O4. The lowest BCUT2D eigenvalue weighted by atomic mass is 9.87. The standard InChI is InChI=1S/C24H30N6O4/c1-4-13-33-21-10-6-9-20(26-21)27-23-22(28-29-30(23)3)18-11-12-19(15(2)25-18)34-17-8-5-7-16(14-17)24(31)32/h6,9-12,16-17H,4-5,7-8,13-14H2,1-3H3,(H,26,27)(H,31,32)/t16-,17-/m0/s1. The van der Waals surface area contributed by atoms with Crippen molar-refractivity contribution in [3.05, 3.63) is 36.0 Å². The van der Waals surface area contributed by atoms with E-state index in [1.54, 1.807) is 11.7 Å². The molecule has 10 nitrogen and oxygen atoms in total. The highest BCUT2D eigenvalue weighted by molar-refractivity contribution is 5.72. The minimum Gasteiger partial charge on any atom is -0.489 e. The topological polar surface area (TPSA) is 124 Å². The summed E-state index contributed by atoms with van der Waals surface area (Å²) in [4.78, 5) is 20.5. The quantitative estimate of drug-likeness (QED) is 0.479. The number of carboxylic acid groups (broad SMARTS) is 1. The first-order chi connectivity index (χ1) is 16.4. The average Bonchev–Trinajstić information content (AvgIpc) is 3.19. The summed E-state index contributed by atoms with van der Waals surface area (Å²) >= 11 is 0. The number of carbonyl (C=O) groups is 1. The van der Waals surface area contributed by atoms with Crippen LogP contribution in [0.5, 0.6) is 11.6 Å². The Morgan fingerprint density at radius 2 is 2.09 bits per heavy atom. The van der Waals surface area contributed by atoms with Crippen LogP contribution in [0.2, 0.25) is 0 Å². The Balaban J connectivity index is 1.51. The number of hydrogen-bond donors (Lipinski definition) is 2. The monoisotopic (exact) mass is 466 g/mol. The summed E-state index contributed by atoms with van der Waals surface area (Å²) in [7, 11) is 1.79. The van der Waals surface area contributed by atoms with E-state index >= 15 is 0 Å². The zero-order valence-electron chi connectivity index (χ0n) is 19.7. The van der Waals surface area contributed by atoms with Crippen LogP contribution in [0.25, 0.3) is 11.4 Å². The van der Waals surface area contributed by atoms with Gasteiger partial charge in [0, 0.05) is 13.1 Å². The lowest BCUT2D eigenvalue weighted by Gasteiger charge is -2.27. The van der Waals surface area contributed by atoms with Crippen LogP contribution in [0, 0.1) is 12.8 Å². The highest BCUT2D eigenvalue weighted by atomic mass is 16.5. The number of nitrogens with one attached hydrogen (secondary N) is 1. The summed E-state index contributed by atoms with van der Waals surface area (Å²) in [6, 6.07) is 9.23. The fourth-order valence-electron chi connectivity index (χ4n) is 4.02. The van der Waals surface area contributed by atoms with E-state index in [4.69, 9.17) is 14.5 Å². The van der Waals surface area contributed by atoms with Gasteiger partial charge in [0.2, 0.25) is 5.88 Å². The molecule has 0 saturated heterocycles. The van der Waals surface area contributed by atoms with Gasteiger partial charge < -0.3 is 19.9 Å². The van der Waals surface area contributed by atoms with Crippen LogP contribution in [-0.2, 0) is 11.8 Å². The molecule has 1 fully saturated rings. The molecule has 0 bridgehead atoms. The Bertz CT molecular complexity index is 1150. The van der Waals surface area contributed by atoms with Gasteiger partial charge in [-0.25, -0.2) is 9.67 Å². The third kappa shape index (κ3) is 5.44. The molecule has 10 heteroatoms. The lowest BCUT2D eigenvalue weighted by Crippen LogP contribution is -2.29. The van der Waals surface area contributed by atoms with Crippen LogP contribution in [0.15, 0.2) is 30.3 Å². The molecule has 0 amide bonds. The predicted octanol–water partition coefficient (Wildman–Crippen LogP) is 4.14. The van der Waals surface area contributed by atoms with Gasteiger partial charge in [-0.2, -0.15) is 4.98 Å². The van der Waals surface area contributed by atoms with Gasteiger partial charge in [-0.3, -0.25) is 4.79 Å². The minimum atomic E-state index is -0.752. The molecule has 0 radical (unpaired) electrons. The van der Waals surface area contributed by atoms with E-state index in [0.717, 1.165) is 19.3 Å². The number of rotatable bonds is 9. The normalized spacial score (nSPS) is 17.9. The Morgan fingerprint density at radius 3 is 2.85 bits per heavy atom. The number of ether oxygens (including phenoxy) is 2. The number of aromatic nitrogens is 5. The summed E-state index contributed by atoms with van der Waals surface area (Å²) in [6.07, 6.45) is 3.69. The van der Waals surface area contributed by atoms with E-state index in [2.05, 4.69) is 20.6 Å². The fraction of sp³-hybridized carbons (Fsp3) is 0.458. The summed E-state index contributed by atoms with van der Waals surface area (Å²) < 4.78 is 13.4. The van der Waals surface area contributed by atoms with E-state index in [1.165, 1.54) is 0 Å². The first-order valence-electron chi connectivity index (χ1n) is 11.6. The minimum absolute atomic E-state index is 0.122. The molecule has 1 saturated carbocycles. The van der Waals surface area contributed by atoms with Crippen LogP contribution in [0.4, 0.5) is 11.6 Å². The van der Waals surface area contributed by atoms with Gasteiger partial charge in [0.15, 0.2) is 11.5 Å². The second kappa shape index (κ2) is 10.5. The van der Waals surface area contributed by atoms with E-state index in [-0.39, 0.29) is 12.0 Å². The molecule has 0 unspecified atom stereocenters. The smallest absolute Gasteiger partial charge is 0.306 e. The maximum absolute atomic E-state index is 11.4. The third-order valence-corrected chi connectivity index (χ3v) is 5.80. The van der Waals surface area contributed by atoms with Gasteiger partial charge in [0.1, 0.15) is 11.6 Å². The van der Waals surface area contributed by atoms with Gasteiger partial charge in [0.05, 0.1) is 30.0 Å². The summed E-state index contributed by atoms with van der Waals surface area (Å²) in [5, 5.41) is 21.0. The zero-order chi connectivity index (χ0) is 24.1. The molecule has 180 valence electrons. The molecule has 4 rings (SSSR count). The zero-order valence-corrected chi connectivity index (χ0v) is 19.7. The van der Waals surface area contributed by atoms with E-state index in [0.29, 0.717) is 59.8 Å². The molecule has 1 aliphatic carbocycles. The van der Waals surface area contributed by atoms with E-state index < -0.39 is 5.97 Å². The van der Waals surface area contributed by atoms with Gasteiger partial charge in [-0.15, -0.1) is 5.10 Å². The van der Waals surface area contributed by atoms with Crippen molar-refractivity contribution in [3.63, 3.8) is 0 Å². The number of carboxylic acids is 1. The van der Waals surface area contributed by atoms with Crippen molar-refractivity contribution in [2.24, 2.45) is 13.0 Å². The van der Waals surface area contributed by atoms with Crippen LogP contribution in [-0.4, -0.2) is 48.7 Å².